The van der Waals surface area contributed by atoms with E-state index in [0.29, 0.717) is 41.7 Å². The van der Waals surface area contributed by atoms with Crippen molar-refractivity contribution in [1.82, 2.24) is 34.4 Å². The van der Waals surface area contributed by atoms with Crippen molar-refractivity contribution in [1.29, 1.82) is 0 Å². The fourth-order valence-corrected chi connectivity index (χ4v) is 4.53. The van der Waals surface area contributed by atoms with Crippen molar-refractivity contribution < 1.29 is 14.6 Å². The van der Waals surface area contributed by atoms with Gasteiger partial charge in [0.15, 0.2) is 11.2 Å². The predicted octanol–water partition coefficient (Wildman–Crippen LogP) is 2.27. The van der Waals surface area contributed by atoms with E-state index < -0.39 is 6.09 Å². The van der Waals surface area contributed by atoms with Crippen molar-refractivity contribution in [3.05, 3.63) is 24.5 Å². The number of imidazole rings is 1. The number of aryl methyl sites for hydroxylation is 2. The Bertz CT molecular complexity index is 1080. The third-order valence-electron chi connectivity index (χ3n) is 5.82. The number of aromatic nitrogens is 6. The SMILES string of the molecule is CCn1c(-c2cnc(C)nc2)nc2c(OC3CC4CCC3N4C(=O)O)ncnc21. The molecule has 29 heavy (non-hydrogen) atoms. The van der Waals surface area contributed by atoms with E-state index in [1.165, 1.54) is 11.2 Å². The average Bonchev–Trinajstić information content (AvgIpc) is 3.39. The first-order chi connectivity index (χ1) is 14.1. The van der Waals surface area contributed by atoms with Crippen LogP contribution in [0.3, 0.4) is 0 Å². The summed E-state index contributed by atoms with van der Waals surface area (Å²) in [5, 5.41) is 9.48. The van der Waals surface area contributed by atoms with E-state index in [-0.39, 0.29) is 18.2 Å². The molecule has 10 heteroatoms. The van der Waals surface area contributed by atoms with Gasteiger partial charge in [-0.25, -0.2) is 24.7 Å². The summed E-state index contributed by atoms with van der Waals surface area (Å²) in [7, 11) is 0. The Balaban J connectivity index is 1.52. The molecule has 3 aromatic rings. The molecule has 0 aliphatic carbocycles. The number of hydrogen-bond donors (Lipinski definition) is 1. The van der Waals surface area contributed by atoms with Crippen molar-refractivity contribution in [3.8, 4) is 17.3 Å². The molecule has 5 rings (SSSR count). The van der Waals surface area contributed by atoms with Gasteiger partial charge in [-0.3, -0.25) is 4.90 Å². The first kappa shape index (κ1) is 17.8. The summed E-state index contributed by atoms with van der Waals surface area (Å²) in [5.74, 6) is 1.78. The summed E-state index contributed by atoms with van der Waals surface area (Å²) in [6, 6.07) is -0.117. The van der Waals surface area contributed by atoms with Gasteiger partial charge in [-0.05, 0) is 26.7 Å². The Morgan fingerprint density at radius 2 is 2.03 bits per heavy atom. The van der Waals surface area contributed by atoms with Crippen LogP contribution in [0.1, 0.15) is 32.0 Å². The largest absolute Gasteiger partial charge is 0.470 e. The van der Waals surface area contributed by atoms with Crippen molar-refractivity contribution >= 4 is 17.3 Å². The molecule has 0 saturated carbocycles. The fourth-order valence-electron chi connectivity index (χ4n) is 4.53. The first-order valence-corrected chi connectivity index (χ1v) is 9.75. The van der Waals surface area contributed by atoms with Crippen LogP contribution in [-0.2, 0) is 6.54 Å². The minimum absolute atomic E-state index is 0.0216. The molecule has 2 bridgehead atoms. The molecule has 10 nitrogen and oxygen atoms in total. The number of carbonyl (C=O) groups is 1. The van der Waals surface area contributed by atoms with E-state index >= 15 is 0 Å². The number of hydrogen-bond acceptors (Lipinski definition) is 7. The molecule has 150 valence electrons. The molecule has 2 fully saturated rings. The van der Waals surface area contributed by atoms with Gasteiger partial charge < -0.3 is 14.4 Å². The Labute approximate surface area is 166 Å². The number of rotatable bonds is 4. The van der Waals surface area contributed by atoms with Gasteiger partial charge in [-0.2, -0.15) is 4.98 Å². The van der Waals surface area contributed by atoms with Gasteiger partial charge in [-0.15, -0.1) is 0 Å². The lowest BCUT2D eigenvalue weighted by Crippen LogP contribution is -2.38. The van der Waals surface area contributed by atoms with Gasteiger partial charge in [0.1, 0.15) is 24.1 Å². The lowest BCUT2D eigenvalue weighted by atomic mass is 9.98. The molecular weight excluding hydrogens is 374 g/mol. The van der Waals surface area contributed by atoms with Crippen LogP contribution < -0.4 is 4.74 Å². The van der Waals surface area contributed by atoms with Crippen LogP contribution in [0.4, 0.5) is 4.79 Å². The van der Waals surface area contributed by atoms with Gasteiger partial charge in [0.05, 0.1) is 11.6 Å². The van der Waals surface area contributed by atoms with Gasteiger partial charge in [0, 0.05) is 31.4 Å². The van der Waals surface area contributed by atoms with Gasteiger partial charge in [0.2, 0.25) is 5.88 Å². The highest BCUT2D eigenvalue weighted by Crippen LogP contribution is 2.40. The maximum absolute atomic E-state index is 11.6. The quantitative estimate of drug-likeness (QED) is 0.714. The van der Waals surface area contributed by atoms with Crippen molar-refractivity contribution in [2.24, 2.45) is 0 Å². The predicted molar refractivity (Wildman–Crippen MR) is 102 cm³/mol. The monoisotopic (exact) mass is 395 g/mol. The topological polar surface area (TPSA) is 119 Å². The molecular formula is C19H21N7O3. The van der Waals surface area contributed by atoms with Crippen molar-refractivity contribution in [3.63, 3.8) is 0 Å². The lowest BCUT2D eigenvalue weighted by molar-refractivity contribution is 0.116. The van der Waals surface area contributed by atoms with E-state index in [4.69, 9.17) is 9.72 Å². The average molecular weight is 395 g/mol. The van der Waals surface area contributed by atoms with E-state index in [1.54, 1.807) is 12.4 Å². The van der Waals surface area contributed by atoms with E-state index in [2.05, 4.69) is 19.9 Å². The van der Waals surface area contributed by atoms with Crippen LogP contribution in [0.5, 0.6) is 5.88 Å². The van der Waals surface area contributed by atoms with Crippen LogP contribution >= 0.6 is 0 Å². The van der Waals surface area contributed by atoms with Gasteiger partial charge in [0.25, 0.3) is 0 Å². The van der Waals surface area contributed by atoms with E-state index in [1.807, 2.05) is 18.4 Å². The van der Waals surface area contributed by atoms with Crippen LogP contribution in [0.15, 0.2) is 18.7 Å². The molecule has 1 amide bonds. The molecule has 0 radical (unpaired) electrons. The Hall–Kier alpha value is -3.30. The Kier molecular flexibility index (Phi) is 4.07. The zero-order valence-corrected chi connectivity index (χ0v) is 16.2. The lowest BCUT2D eigenvalue weighted by Gasteiger charge is -2.22. The summed E-state index contributed by atoms with van der Waals surface area (Å²) in [4.78, 5) is 35.1. The van der Waals surface area contributed by atoms with E-state index in [9.17, 15) is 9.90 Å². The molecule has 2 aliphatic rings. The van der Waals surface area contributed by atoms with Crippen LogP contribution in [0, 0.1) is 6.92 Å². The van der Waals surface area contributed by atoms with Gasteiger partial charge >= 0.3 is 6.09 Å². The Morgan fingerprint density at radius 1 is 1.24 bits per heavy atom. The number of amides is 1. The molecule has 1 N–H and O–H groups in total. The minimum atomic E-state index is -0.881. The molecule has 2 saturated heterocycles. The maximum atomic E-state index is 11.6. The number of carboxylic acid groups (broad SMARTS) is 1. The molecule has 3 unspecified atom stereocenters. The minimum Gasteiger partial charge on any atom is -0.470 e. The van der Waals surface area contributed by atoms with E-state index in [0.717, 1.165) is 18.4 Å². The summed E-state index contributed by atoms with van der Waals surface area (Å²) >= 11 is 0. The van der Waals surface area contributed by atoms with Crippen molar-refractivity contribution in [2.45, 2.75) is 57.8 Å². The second-order valence-electron chi connectivity index (χ2n) is 7.43. The second kappa shape index (κ2) is 6.64. The van der Waals surface area contributed by atoms with Crippen LogP contribution in [-0.4, -0.2) is 63.8 Å². The molecule has 2 aliphatic heterocycles. The molecule has 3 aromatic heterocycles. The molecule has 3 atom stereocenters. The highest BCUT2D eigenvalue weighted by Gasteiger charge is 2.50. The normalized spacial score (nSPS) is 23.1. The summed E-state index contributed by atoms with van der Waals surface area (Å²) < 4.78 is 8.18. The first-order valence-electron chi connectivity index (χ1n) is 9.75. The Morgan fingerprint density at radius 3 is 2.72 bits per heavy atom. The van der Waals surface area contributed by atoms with Crippen molar-refractivity contribution in [2.75, 3.05) is 0 Å². The highest BCUT2D eigenvalue weighted by molar-refractivity contribution is 5.81. The third-order valence-corrected chi connectivity index (χ3v) is 5.82. The van der Waals surface area contributed by atoms with Crippen LogP contribution in [0.2, 0.25) is 0 Å². The molecule has 5 heterocycles. The summed E-state index contributed by atoms with van der Waals surface area (Å²) in [6.45, 7) is 4.51. The standard InChI is InChI=1S/C19H21N7O3/c1-3-25-16(11-7-20-10(2)21-8-11)24-15-17(25)22-9-23-18(15)29-14-6-12-4-5-13(14)26(12)19(27)28/h7-9,12-14H,3-6H2,1-2H3,(H,27,28). The fraction of sp³-hybridized carbons (Fsp3) is 0.474. The third kappa shape index (κ3) is 2.78. The highest BCUT2D eigenvalue weighted by atomic mass is 16.5. The second-order valence-corrected chi connectivity index (χ2v) is 7.43. The smallest absolute Gasteiger partial charge is 0.407 e. The maximum Gasteiger partial charge on any atom is 0.407 e. The zero-order valence-electron chi connectivity index (χ0n) is 16.2. The number of nitrogens with zero attached hydrogens (tertiary/aromatic N) is 7. The summed E-state index contributed by atoms with van der Waals surface area (Å²) in [5.41, 5.74) is 2.03. The summed E-state index contributed by atoms with van der Waals surface area (Å²) in [6.07, 6.45) is 6.21. The molecule has 0 aromatic carbocycles. The number of ether oxygens (including phenoxy) is 1. The zero-order chi connectivity index (χ0) is 20.1. The number of fused-ring (bicyclic) bond motifs is 3. The molecule has 0 spiro atoms. The van der Waals surface area contributed by atoms with Gasteiger partial charge in [-0.1, -0.05) is 0 Å². The van der Waals surface area contributed by atoms with Crippen LogP contribution in [0.25, 0.3) is 22.6 Å².